The van der Waals surface area contributed by atoms with Crippen LogP contribution in [0.5, 0.6) is 0 Å². The molecule has 0 saturated carbocycles. The Morgan fingerprint density at radius 2 is 2.00 bits per heavy atom. The van der Waals surface area contributed by atoms with Crippen molar-refractivity contribution in [3.8, 4) is 0 Å². The van der Waals surface area contributed by atoms with Crippen LogP contribution in [0.15, 0.2) is 21.8 Å². The molecule has 3 heterocycles. The Labute approximate surface area is 171 Å². The van der Waals surface area contributed by atoms with Gasteiger partial charge in [-0.1, -0.05) is 5.16 Å². The van der Waals surface area contributed by atoms with Gasteiger partial charge in [-0.3, -0.25) is 4.99 Å². The number of aliphatic imine (C=N–C) groups is 1. The molecule has 3 rings (SSSR count). The highest BCUT2D eigenvalue weighted by molar-refractivity contribution is 14.0. The van der Waals surface area contributed by atoms with Crippen LogP contribution < -0.4 is 5.32 Å². The van der Waals surface area contributed by atoms with E-state index < -0.39 is 10.0 Å². The lowest BCUT2D eigenvalue weighted by Crippen LogP contribution is -2.54. The third kappa shape index (κ3) is 5.54. The fourth-order valence-electron chi connectivity index (χ4n) is 3.03. The molecule has 1 N–H and O–H groups in total. The summed E-state index contributed by atoms with van der Waals surface area (Å²) in [6.45, 7) is 6.40. The highest BCUT2D eigenvalue weighted by Crippen LogP contribution is 2.13. The number of nitrogens with zero attached hydrogens (tertiary/aromatic N) is 5. The fraction of sp³-hybridized carbons (Fsp3) is 0.733. The molecule has 9 nitrogen and oxygen atoms in total. The number of aromatic nitrogens is 1. The maximum atomic E-state index is 12.5. The lowest BCUT2D eigenvalue weighted by Gasteiger charge is -2.36. The van der Waals surface area contributed by atoms with Crippen LogP contribution in [-0.2, 0) is 15.8 Å². The number of hydrogen-bond acceptors (Lipinski definition) is 6. The molecule has 1 aromatic rings. The van der Waals surface area contributed by atoms with Gasteiger partial charge in [0.25, 0.3) is 0 Å². The van der Waals surface area contributed by atoms with Crippen molar-refractivity contribution < 1.29 is 12.9 Å². The Morgan fingerprint density at radius 1 is 1.27 bits per heavy atom. The Bertz CT molecular complexity index is 670. The topological polar surface area (TPSA) is 94.3 Å². The number of guanidine groups is 1. The van der Waals surface area contributed by atoms with Crippen LogP contribution >= 0.6 is 24.0 Å². The molecule has 2 aliphatic rings. The Morgan fingerprint density at radius 3 is 2.54 bits per heavy atom. The molecule has 0 bridgehead atoms. The first-order valence-corrected chi connectivity index (χ1v) is 10.2. The number of halogens is 1. The SMILES string of the molecule is CN=C(NCCN1CCC1)N1CCN(S(=O)(=O)Cc2ccon2)CC1.I. The minimum absolute atomic E-state index is 0. The third-order valence-electron chi connectivity index (χ3n) is 4.62. The monoisotopic (exact) mass is 498 g/mol. The Hall–Kier alpha value is -0.920. The Kier molecular flexibility index (Phi) is 8.10. The molecule has 0 spiro atoms. The van der Waals surface area contributed by atoms with E-state index in [0.29, 0.717) is 31.9 Å². The first kappa shape index (κ1) is 21.4. The van der Waals surface area contributed by atoms with Crippen molar-refractivity contribution in [2.24, 2.45) is 4.99 Å². The number of sulfonamides is 1. The van der Waals surface area contributed by atoms with Crippen LogP contribution in [0.4, 0.5) is 0 Å². The quantitative estimate of drug-likeness (QED) is 0.336. The van der Waals surface area contributed by atoms with E-state index in [4.69, 9.17) is 4.52 Å². The van der Waals surface area contributed by atoms with Crippen LogP contribution in [0.2, 0.25) is 0 Å². The van der Waals surface area contributed by atoms with Crippen molar-refractivity contribution >= 4 is 40.0 Å². The van der Waals surface area contributed by atoms with Crippen LogP contribution in [0.25, 0.3) is 0 Å². The number of nitrogens with one attached hydrogen (secondary N) is 1. The largest absolute Gasteiger partial charge is 0.364 e. The molecular weight excluding hydrogens is 471 g/mol. The zero-order valence-corrected chi connectivity index (χ0v) is 18.1. The van der Waals surface area contributed by atoms with Gasteiger partial charge in [-0.2, -0.15) is 4.31 Å². The van der Waals surface area contributed by atoms with Gasteiger partial charge < -0.3 is 19.6 Å². The number of rotatable bonds is 6. The third-order valence-corrected chi connectivity index (χ3v) is 6.44. The zero-order chi connectivity index (χ0) is 17.7. The molecule has 0 atom stereocenters. The molecule has 2 fully saturated rings. The normalized spacial score (nSPS) is 19.7. The van der Waals surface area contributed by atoms with E-state index in [1.165, 1.54) is 30.1 Å². The van der Waals surface area contributed by atoms with Gasteiger partial charge in [0, 0.05) is 52.4 Å². The second-order valence-electron chi connectivity index (χ2n) is 6.30. The van der Waals surface area contributed by atoms with E-state index in [1.54, 1.807) is 13.1 Å². The van der Waals surface area contributed by atoms with Gasteiger partial charge in [0.1, 0.15) is 12.0 Å². The van der Waals surface area contributed by atoms with Crippen molar-refractivity contribution in [1.29, 1.82) is 0 Å². The standard InChI is InChI=1S/C15H26N6O3S.HI/c1-16-15(17-4-7-19-5-2-6-19)20-8-10-21(11-9-20)25(22,23)13-14-3-12-24-18-14;/h3,12H,2,4-11,13H2,1H3,(H,16,17);1H. The van der Waals surface area contributed by atoms with E-state index in [2.05, 4.69) is 25.3 Å². The maximum Gasteiger partial charge on any atom is 0.220 e. The first-order chi connectivity index (χ1) is 12.1. The number of piperazine rings is 1. The van der Waals surface area contributed by atoms with E-state index in [9.17, 15) is 8.42 Å². The predicted octanol–water partition coefficient (Wildman–Crippen LogP) is 0.0211. The minimum Gasteiger partial charge on any atom is -0.364 e. The minimum atomic E-state index is -3.37. The molecule has 11 heteroatoms. The molecule has 0 unspecified atom stereocenters. The second-order valence-corrected chi connectivity index (χ2v) is 8.27. The van der Waals surface area contributed by atoms with Gasteiger partial charge in [-0.15, -0.1) is 24.0 Å². The van der Waals surface area contributed by atoms with E-state index in [-0.39, 0.29) is 29.7 Å². The molecular formula is C15H27IN6O3S. The highest BCUT2D eigenvalue weighted by Gasteiger charge is 2.29. The molecule has 0 aromatic carbocycles. The van der Waals surface area contributed by atoms with Crippen LogP contribution in [0.1, 0.15) is 12.1 Å². The Balaban J connectivity index is 0.00000243. The van der Waals surface area contributed by atoms with E-state index in [1.807, 2.05) is 0 Å². The number of hydrogen-bond donors (Lipinski definition) is 1. The first-order valence-electron chi connectivity index (χ1n) is 8.63. The average molecular weight is 498 g/mol. The summed E-state index contributed by atoms with van der Waals surface area (Å²) >= 11 is 0. The summed E-state index contributed by atoms with van der Waals surface area (Å²) < 4.78 is 31.1. The zero-order valence-electron chi connectivity index (χ0n) is 15.0. The van der Waals surface area contributed by atoms with Crippen molar-refractivity contribution in [3.05, 3.63) is 18.0 Å². The molecule has 0 amide bonds. The van der Waals surface area contributed by atoms with Crippen molar-refractivity contribution in [1.82, 2.24) is 24.6 Å². The maximum absolute atomic E-state index is 12.5. The molecule has 1 aromatic heterocycles. The summed E-state index contributed by atoms with van der Waals surface area (Å²) in [4.78, 5) is 8.83. The molecule has 0 radical (unpaired) electrons. The molecule has 148 valence electrons. The van der Waals surface area contributed by atoms with Crippen LogP contribution in [-0.4, -0.2) is 93.0 Å². The second kappa shape index (κ2) is 9.85. The average Bonchev–Trinajstić information content (AvgIpc) is 3.06. The van der Waals surface area contributed by atoms with Gasteiger partial charge in [0.15, 0.2) is 5.96 Å². The van der Waals surface area contributed by atoms with Gasteiger partial charge in [-0.05, 0) is 19.5 Å². The highest BCUT2D eigenvalue weighted by atomic mass is 127. The molecule has 26 heavy (non-hydrogen) atoms. The van der Waals surface area contributed by atoms with Crippen molar-refractivity contribution in [2.45, 2.75) is 12.2 Å². The molecule has 2 aliphatic heterocycles. The van der Waals surface area contributed by atoms with Gasteiger partial charge in [0.05, 0.1) is 5.69 Å². The van der Waals surface area contributed by atoms with Crippen LogP contribution in [0.3, 0.4) is 0 Å². The number of likely N-dealkylation sites (tertiary alicyclic amines) is 1. The van der Waals surface area contributed by atoms with Crippen molar-refractivity contribution in [2.75, 3.05) is 59.4 Å². The summed E-state index contributed by atoms with van der Waals surface area (Å²) in [6.07, 6.45) is 2.68. The molecule has 2 saturated heterocycles. The summed E-state index contributed by atoms with van der Waals surface area (Å²) in [5, 5.41) is 7.06. The fourth-order valence-corrected chi connectivity index (χ4v) is 4.46. The molecule has 0 aliphatic carbocycles. The summed E-state index contributed by atoms with van der Waals surface area (Å²) in [7, 11) is -1.61. The van der Waals surface area contributed by atoms with Crippen LogP contribution in [0, 0.1) is 0 Å². The van der Waals surface area contributed by atoms with E-state index >= 15 is 0 Å². The van der Waals surface area contributed by atoms with Gasteiger partial charge in [0.2, 0.25) is 10.0 Å². The van der Waals surface area contributed by atoms with Gasteiger partial charge in [-0.25, -0.2) is 8.42 Å². The van der Waals surface area contributed by atoms with Crippen molar-refractivity contribution in [3.63, 3.8) is 0 Å². The van der Waals surface area contributed by atoms with Gasteiger partial charge >= 0.3 is 0 Å². The lowest BCUT2D eigenvalue weighted by molar-refractivity contribution is 0.184. The summed E-state index contributed by atoms with van der Waals surface area (Å²) in [6, 6.07) is 1.58. The van der Waals surface area contributed by atoms with E-state index in [0.717, 1.165) is 19.0 Å². The summed E-state index contributed by atoms with van der Waals surface area (Å²) in [5.41, 5.74) is 0.436. The predicted molar refractivity (Wildman–Crippen MR) is 110 cm³/mol. The summed E-state index contributed by atoms with van der Waals surface area (Å²) in [5.74, 6) is 0.723. The smallest absolute Gasteiger partial charge is 0.220 e. The lowest BCUT2D eigenvalue weighted by atomic mass is 10.2.